The van der Waals surface area contributed by atoms with Gasteiger partial charge in [0.25, 0.3) is 5.91 Å². The van der Waals surface area contributed by atoms with Gasteiger partial charge in [-0.15, -0.1) is 6.42 Å². The van der Waals surface area contributed by atoms with Crippen molar-refractivity contribution >= 4 is 33.6 Å². The summed E-state index contributed by atoms with van der Waals surface area (Å²) in [5, 5.41) is 12.2. The van der Waals surface area contributed by atoms with Gasteiger partial charge in [-0.2, -0.15) is 5.26 Å². The molecule has 130 valence electrons. The Labute approximate surface area is 161 Å². The van der Waals surface area contributed by atoms with Crippen molar-refractivity contribution in [3.63, 3.8) is 0 Å². The summed E-state index contributed by atoms with van der Waals surface area (Å²) in [5.74, 6) is 2.41. The fourth-order valence-corrected chi connectivity index (χ4v) is 2.63. The smallest absolute Gasteiger partial charge is 0.266 e. The number of anilines is 1. The van der Waals surface area contributed by atoms with Crippen LogP contribution in [-0.4, -0.2) is 12.5 Å². The van der Waals surface area contributed by atoms with Gasteiger partial charge in [0.15, 0.2) is 0 Å². The Bertz CT molecular complexity index is 949. The average Bonchev–Trinajstić information content (AvgIpc) is 2.61. The Balaban J connectivity index is 2.34. The summed E-state index contributed by atoms with van der Waals surface area (Å²) >= 11 is 3.38. The van der Waals surface area contributed by atoms with E-state index in [1.807, 2.05) is 38.1 Å². The number of terminal acetylenes is 1. The highest BCUT2D eigenvalue weighted by atomic mass is 79.9. The molecule has 2 aromatic rings. The van der Waals surface area contributed by atoms with E-state index >= 15 is 0 Å². The molecule has 0 unspecified atom stereocenters. The first kappa shape index (κ1) is 19.3. The zero-order valence-corrected chi connectivity index (χ0v) is 16.1. The molecule has 2 rings (SSSR count). The molecule has 1 amide bonds. The standard InChI is InChI=1S/C21H17BrN2O2/c1-4-9-26-20-8-7-18(22)12-16(20)11-17(13-23)21(25)24-19-10-14(2)5-6-15(19)3/h1,5-8,10-12H,9H2,2-3H3,(H,24,25)/b17-11+. The summed E-state index contributed by atoms with van der Waals surface area (Å²) in [7, 11) is 0. The molecule has 0 spiro atoms. The van der Waals surface area contributed by atoms with Crippen LogP contribution in [0.4, 0.5) is 5.69 Å². The lowest BCUT2D eigenvalue weighted by atomic mass is 10.1. The Morgan fingerprint density at radius 3 is 2.77 bits per heavy atom. The minimum atomic E-state index is -0.482. The largest absolute Gasteiger partial charge is 0.480 e. The van der Waals surface area contributed by atoms with Gasteiger partial charge < -0.3 is 10.1 Å². The summed E-state index contributed by atoms with van der Waals surface area (Å²) in [6, 6.07) is 13.0. The molecule has 0 heterocycles. The first-order chi connectivity index (χ1) is 12.4. The maximum absolute atomic E-state index is 12.5. The van der Waals surface area contributed by atoms with Crippen molar-refractivity contribution in [2.75, 3.05) is 11.9 Å². The Hall–Kier alpha value is -3.02. The Morgan fingerprint density at radius 2 is 2.08 bits per heavy atom. The van der Waals surface area contributed by atoms with Gasteiger partial charge in [0.1, 0.15) is 24.0 Å². The third-order valence-electron chi connectivity index (χ3n) is 3.59. The summed E-state index contributed by atoms with van der Waals surface area (Å²) in [6.45, 7) is 3.93. The van der Waals surface area contributed by atoms with Gasteiger partial charge in [0.05, 0.1) is 0 Å². The lowest BCUT2D eigenvalue weighted by Gasteiger charge is -2.10. The lowest BCUT2D eigenvalue weighted by molar-refractivity contribution is -0.112. The van der Waals surface area contributed by atoms with Gasteiger partial charge in [-0.1, -0.05) is 34.0 Å². The third kappa shape index (κ3) is 4.99. The molecule has 4 nitrogen and oxygen atoms in total. The highest BCUT2D eigenvalue weighted by molar-refractivity contribution is 9.10. The number of halogens is 1. The number of benzene rings is 2. The van der Waals surface area contributed by atoms with Gasteiger partial charge in [0, 0.05) is 15.7 Å². The molecule has 5 heteroatoms. The topological polar surface area (TPSA) is 62.1 Å². The Morgan fingerprint density at radius 1 is 1.31 bits per heavy atom. The summed E-state index contributed by atoms with van der Waals surface area (Å²) in [6.07, 6.45) is 6.71. The van der Waals surface area contributed by atoms with Crippen LogP contribution >= 0.6 is 15.9 Å². The highest BCUT2D eigenvalue weighted by Crippen LogP contribution is 2.26. The van der Waals surface area contributed by atoms with E-state index in [1.54, 1.807) is 18.2 Å². The maximum atomic E-state index is 12.5. The number of aryl methyl sites for hydroxylation is 2. The first-order valence-corrected chi connectivity index (χ1v) is 8.60. The van der Waals surface area contributed by atoms with Crippen LogP contribution in [0, 0.1) is 37.5 Å². The van der Waals surface area contributed by atoms with Crippen molar-refractivity contribution in [3.05, 3.63) is 63.1 Å². The van der Waals surface area contributed by atoms with E-state index in [0.717, 1.165) is 15.6 Å². The van der Waals surface area contributed by atoms with Crippen LogP contribution in [0.1, 0.15) is 16.7 Å². The van der Waals surface area contributed by atoms with Crippen LogP contribution in [0.25, 0.3) is 6.08 Å². The van der Waals surface area contributed by atoms with Crippen molar-refractivity contribution in [2.45, 2.75) is 13.8 Å². The first-order valence-electron chi connectivity index (χ1n) is 7.81. The molecule has 1 N–H and O–H groups in total. The molecule has 0 aliphatic carbocycles. The number of ether oxygens (including phenoxy) is 1. The maximum Gasteiger partial charge on any atom is 0.266 e. The number of nitriles is 1. The van der Waals surface area contributed by atoms with Gasteiger partial charge in [-0.05, 0) is 55.3 Å². The van der Waals surface area contributed by atoms with Crippen molar-refractivity contribution < 1.29 is 9.53 Å². The number of nitrogens with zero attached hydrogens (tertiary/aromatic N) is 1. The van der Waals surface area contributed by atoms with E-state index in [1.165, 1.54) is 6.08 Å². The van der Waals surface area contributed by atoms with E-state index in [9.17, 15) is 10.1 Å². The van der Waals surface area contributed by atoms with E-state index in [2.05, 4.69) is 27.2 Å². The van der Waals surface area contributed by atoms with Gasteiger partial charge in [-0.3, -0.25) is 4.79 Å². The van der Waals surface area contributed by atoms with Gasteiger partial charge >= 0.3 is 0 Å². The zero-order valence-electron chi connectivity index (χ0n) is 14.5. The van der Waals surface area contributed by atoms with Gasteiger partial charge in [-0.25, -0.2) is 0 Å². The molecule has 0 aliphatic rings. The minimum absolute atomic E-state index is 0.0328. The van der Waals surface area contributed by atoms with Crippen molar-refractivity contribution in [3.8, 4) is 24.2 Å². The average molecular weight is 409 g/mol. The third-order valence-corrected chi connectivity index (χ3v) is 4.08. The predicted octanol–water partition coefficient (Wildman–Crippen LogP) is 4.62. The molecular formula is C21H17BrN2O2. The van der Waals surface area contributed by atoms with Gasteiger partial charge in [0.2, 0.25) is 0 Å². The van der Waals surface area contributed by atoms with Crippen LogP contribution in [0.3, 0.4) is 0 Å². The van der Waals surface area contributed by atoms with Crippen LogP contribution in [-0.2, 0) is 4.79 Å². The zero-order chi connectivity index (χ0) is 19.1. The molecule has 0 radical (unpaired) electrons. The van der Waals surface area contributed by atoms with Crippen molar-refractivity contribution in [1.29, 1.82) is 5.26 Å². The number of amides is 1. The molecule has 0 aromatic heterocycles. The second-order valence-electron chi connectivity index (χ2n) is 5.62. The molecule has 2 aromatic carbocycles. The van der Waals surface area contributed by atoms with Crippen molar-refractivity contribution in [1.82, 2.24) is 0 Å². The number of carbonyl (C=O) groups is 1. The predicted molar refractivity (Wildman–Crippen MR) is 107 cm³/mol. The van der Waals surface area contributed by atoms with E-state index in [-0.39, 0.29) is 12.2 Å². The van der Waals surface area contributed by atoms with E-state index < -0.39 is 5.91 Å². The van der Waals surface area contributed by atoms with Crippen LogP contribution in [0.5, 0.6) is 5.75 Å². The number of hydrogen-bond donors (Lipinski definition) is 1. The fraction of sp³-hybridized carbons (Fsp3) is 0.143. The molecule has 0 bridgehead atoms. The SMILES string of the molecule is C#CCOc1ccc(Br)cc1/C=C(\C#N)C(=O)Nc1cc(C)ccc1C. The number of nitrogens with one attached hydrogen (secondary N) is 1. The second-order valence-corrected chi connectivity index (χ2v) is 6.53. The van der Waals surface area contributed by atoms with E-state index in [4.69, 9.17) is 11.2 Å². The molecule has 0 atom stereocenters. The second kappa shape index (κ2) is 8.89. The number of carbonyl (C=O) groups excluding carboxylic acids is 1. The number of hydrogen-bond acceptors (Lipinski definition) is 3. The molecule has 26 heavy (non-hydrogen) atoms. The van der Waals surface area contributed by atoms with Crippen LogP contribution < -0.4 is 10.1 Å². The Kier molecular flexibility index (Phi) is 6.60. The molecule has 0 aliphatic heterocycles. The summed E-state index contributed by atoms with van der Waals surface area (Å²) < 4.78 is 6.27. The highest BCUT2D eigenvalue weighted by Gasteiger charge is 2.13. The summed E-state index contributed by atoms with van der Waals surface area (Å²) in [5.41, 5.74) is 3.16. The fourth-order valence-electron chi connectivity index (χ4n) is 2.25. The quantitative estimate of drug-likeness (QED) is 0.445. The van der Waals surface area contributed by atoms with E-state index in [0.29, 0.717) is 17.0 Å². The minimum Gasteiger partial charge on any atom is -0.480 e. The molecule has 0 fully saturated rings. The summed E-state index contributed by atoms with van der Waals surface area (Å²) in [4.78, 5) is 12.5. The normalized spacial score (nSPS) is 10.6. The lowest BCUT2D eigenvalue weighted by Crippen LogP contribution is -2.14. The molecule has 0 saturated carbocycles. The molecular weight excluding hydrogens is 392 g/mol. The van der Waals surface area contributed by atoms with Crippen molar-refractivity contribution in [2.24, 2.45) is 0 Å². The monoisotopic (exact) mass is 408 g/mol. The number of rotatable bonds is 5. The van der Waals surface area contributed by atoms with Crippen LogP contribution in [0.15, 0.2) is 46.4 Å². The van der Waals surface area contributed by atoms with Crippen LogP contribution in [0.2, 0.25) is 0 Å². The molecule has 0 saturated heterocycles.